The number of carbonyl (C=O) groups is 1. The second kappa shape index (κ2) is 6.89. The quantitative estimate of drug-likeness (QED) is 0.868. The summed E-state index contributed by atoms with van der Waals surface area (Å²) in [6.07, 6.45) is 0.351. The standard InChI is InChI=1S/C12H15BrO4S/c1-3-11(12(14)15)18(16)7-8-6-9(17-2)4-5-10(8)13/h4-6,11H,3,7H2,1-2H3,(H,14,15). The van der Waals surface area contributed by atoms with Crippen LogP contribution in [0.2, 0.25) is 0 Å². The van der Waals surface area contributed by atoms with Crippen molar-refractivity contribution in [2.45, 2.75) is 24.3 Å². The van der Waals surface area contributed by atoms with Crippen LogP contribution in [-0.4, -0.2) is 27.6 Å². The third-order valence-corrected chi connectivity index (χ3v) is 5.05. The van der Waals surface area contributed by atoms with Gasteiger partial charge in [-0.1, -0.05) is 22.9 Å². The molecule has 0 spiro atoms. The van der Waals surface area contributed by atoms with Gasteiger partial charge in [0.1, 0.15) is 11.0 Å². The molecular formula is C12H15BrO4S. The molecule has 0 fully saturated rings. The molecule has 100 valence electrons. The minimum Gasteiger partial charge on any atom is -0.497 e. The number of ether oxygens (including phenoxy) is 1. The Balaban J connectivity index is 2.90. The van der Waals surface area contributed by atoms with Gasteiger partial charge < -0.3 is 9.84 Å². The van der Waals surface area contributed by atoms with Gasteiger partial charge in [0.2, 0.25) is 0 Å². The highest BCUT2D eigenvalue weighted by Crippen LogP contribution is 2.24. The summed E-state index contributed by atoms with van der Waals surface area (Å²) in [5.74, 6) is -0.161. The van der Waals surface area contributed by atoms with Crippen LogP contribution in [0.1, 0.15) is 18.9 Å². The highest BCUT2D eigenvalue weighted by atomic mass is 79.9. The molecule has 2 unspecified atom stereocenters. The molecule has 0 aromatic heterocycles. The first-order chi connectivity index (χ1) is 8.49. The van der Waals surface area contributed by atoms with Gasteiger partial charge in [-0.25, -0.2) is 0 Å². The van der Waals surface area contributed by atoms with E-state index in [-0.39, 0.29) is 5.75 Å². The normalized spacial score (nSPS) is 13.9. The van der Waals surface area contributed by atoms with Gasteiger partial charge in [0.25, 0.3) is 0 Å². The van der Waals surface area contributed by atoms with Gasteiger partial charge in [-0.2, -0.15) is 0 Å². The van der Waals surface area contributed by atoms with Crippen LogP contribution in [0.25, 0.3) is 0 Å². The lowest BCUT2D eigenvalue weighted by Gasteiger charge is -2.11. The van der Waals surface area contributed by atoms with Crippen LogP contribution in [0, 0.1) is 0 Å². The van der Waals surface area contributed by atoms with Gasteiger partial charge in [-0.3, -0.25) is 9.00 Å². The van der Waals surface area contributed by atoms with Crippen LogP contribution in [0.15, 0.2) is 22.7 Å². The van der Waals surface area contributed by atoms with E-state index in [1.165, 1.54) is 0 Å². The Bertz CT molecular complexity index is 461. The molecule has 0 saturated heterocycles. The highest BCUT2D eigenvalue weighted by Gasteiger charge is 2.23. The van der Waals surface area contributed by atoms with Crippen molar-refractivity contribution in [2.75, 3.05) is 7.11 Å². The van der Waals surface area contributed by atoms with E-state index in [9.17, 15) is 9.00 Å². The minimum atomic E-state index is -1.44. The van der Waals surface area contributed by atoms with Crippen molar-refractivity contribution in [3.63, 3.8) is 0 Å². The molecule has 1 aromatic carbocycles. The van der Waals surface area contributed by atoms with Gasteiger partial charge in [0.15, 0.2) is 0 Å². The maximum Gasteiger partial charge on any atom is 0.319 e. The summed E-state index contributed by atoms with van der Waals surface area (Å²) in [6.45, 7) is 1.72. The van der Waals surface area contributed by atoms with Crippen LogP contribution in [-0.2, 0) is 21.3 Å². The average molecular weight is 335 g/mol. The molecule has 18 heavy (non-hydrogen) atoms. The van der Waals surface area contributed by atoms with Crippen molar-refractivity contribution in [2.24, 2.45) is 0 Å². The SMILES string of the molecule is CCC(C(=O)O)S(=O)Cc1cc(OC)ccc1Br. The molecule has 4 nitrogen and oxygen atoms in total. The topological polar surface area (TPSA) is 63.6 Å². The lowest BCUT2D eigenvalue weighted by Crippen LogP contribution is -2.25. The molecule has 2 atom stereocenters. The maximum absolute atomic E-state index is 12.0. The van der Waals surface area contributed by atoms with Gasteiger partial charge in [0.05, 0.1) is 12.9 Å². The van der Waals surface area contributed by atoms with E-state index < -0.39 is 22.0 Å². The second-order valence-electron chi connectivity index (χ2n) is 3.72. The predicted octanol–water partition coefficient (Wildman–Crippen LogP) is 2.57. The third-order valence-electron chi connectivity index (χ3n) is 2.51. The van der Waals surface area contributed by atoms with Gasteiger partial charge in [0, 0.05) is 15.3 Å². The smallest absolute Gasteiger partial charge is 0.319 e. The van der Waals surface area contributed by atoms with Gasteiger partial charge in [-0.15, -0.1) is 0 Å². The Labute approximate surface area is 117 Å². The molecule has 0 amide bonds. The monoisotopic (exact) mass is 334 g/mol. The summed E-state index contributed by atoms with van der Waals surface area (Å²) in [5, 5.41) is 8.13. The maximum atomic E-state index is 12.0. The zero-order chi connectivity index (χ0) is 13.7. The summed E-state index contributed by atoms with van der Waals surface area (Å²) in [6, 6.07) is 5.34. The number of carboxylic acid groups (broad SMARTS) is 1. The molecule has 0 heterocycles. The first kappa shape index (κ1) is 15.2. The molecule has 1 N–H and O–H groups in total. The molecule has 0 saturated carbocycles. The van der Waals surface area contributed by atoms with Gasteiger partial charge in [-0.05, 0) is 30.2 Å². The number of halogens is 1. The zero-order valence-corrected chi connectivity index (χ0v) is 12.6. The number of hydrogen-bond acceptors (Lipinski definition) is 3. The molecule has 0 radical (unpaired) electrons. The zero-order valence-electron chi connectivity index (χ0n) is 10.2. The summed E-state index contributed by atoms with van der Waals surface area (Å²) in [5.41, 5.74) is 0.785. The Morgan fingerprint density at radius 1 is 1.56 bits per heavy atom. The fraction of sp³-hybridized carbons (Fsp3) is 0.417. The van der Waals surface area contributed by atoms with Crippen LogP contribution in [0.3, 0.4) is 0 Å². The van der Waals surface area contributed by atoms with E-state index in [4.69, 9.17) is 9.84 Å². The predicted molar refractivity (Wildman–Crippen MR) is 74.3 cm³/mol. The molecule has 0 aliphatic heterocycles. The number of aliphatic carboxylic acids is 1. The van der Waals surface area contributed by atoms with E-state index in [1.54, 1.807) is 32.2 Å². The Morgan fingerprint density at radius 2 is 2.22 bits per heavy atom. The van der Waals surface area contributed by atoms with E-state index in [2.05, 4.69) is 15.9 Å². The van der Waals surface area contributed by atoms with Crippen molar-refractivity contribution in [1.29, 1.82) is 0 Å². The second-order valence-corrected chi connectivity index (χ2v) is 6.19. The summed E-state index contributed by atoms with van der Waals surface area (Å²) in [7, 11) is 0.107. The Hall–Kier alpha value is -0.880. The number of carboxylic acids is 1. The van der Waals surface area contributed by atoms with Crippen LogP contribution in [0.5, 0.6) is 5.75 Å². The third kappa shape index (κ3) is 3.81. The fourth-order valence-electron chi connectivity index (χ4n) is 1.52. The lowest BCUT2D eigenvalue weighted by molar-refractivity contribution is -0.136. The molecule has 0 bridgehead atoms. The van der Waals surface area contributed by atoms with Crippen LogP contribution < -0.4 is 4.74 Å². The van der Waals surface area contributed by atoms with Gasteiger partial charge >= 0.3 is 5.97 Å². The van der Waals surface area contributed by atoms with Crippen molar-refractivity contribution < 1.29 is 18.8 Å². The Kier molecular flexibility index (Phi) is 5.81. The first-order valence-electron chi connectivity index (χ1n) is 5.42. The summed E-state index contributed by atoms with van der Waals surface area (Å²) >= 11 is 3.36. The minimum absolute atomic E-state index is 0.197. The molecule has 1 rings (SSSR count). The van der Waals surface area contributed by atoms with Crippen molar-refractivity contribution >= 4 is 32.7 Å². The largest absolute Gasteiger partial charge is 0.497 e. The number of benzene rings is 1. The summed E-state index contributed by atoms with van der Waals surface area (Å²) in [4.78, 5) is 10.9. The summed E-state index contributed by atoms with van der Waals surface area (Å²) < 4.78 is 17.9. The van der Waals surface area contributed by atoms with E-state index in [0.29, 0.717) is 12.2 Å². The van der Waals surface area contributed by atoms with E-state index in [0.717, 1.165) is 10.0 Å². The highest BCUT2D eigenvalue weighted by molar-refractivity contribution is 9.10. The van der Waals surface area contributed by atoms with E-state index in [1.807, 2.05) is 0 Å². The number of methoxy groups -OCH3 is 1. The van der Waals surface area contributed by atoms with Crippen LogP contribution >= 0.6 is 15.9 Å². The van der Waals surface area contributed by atoms with Crippen LogP contribution in [0.4, 0.5) is 0 Å². The molecular weight excluding hydrogens is 320 g/mol. The molecule has 0 aliphatic rings. The van der Waals surface area contributed by atoms with Crippen molar-refractivity contribution in [3.05, 3.63) is 28.2 Å². The Morgan fingerprint density at radius 3 is 2.72 bits per heavy atom. The molecule has 6 heteroatoms. The average Bonchev–Trinajstić information content (AvgIpc) is 2.32. The lowest BCUT2D eigenvalue weighted by atomic mass is 10.2. The molecule has 1 aromatic rings. The molecule has 0 aliphatic carbocycles. The van der Waals surface area contributed by atoms with Crippen molar-refractivity contribution in [3.8, 4) is 5.75 Å². The number of hydrogen-bond donors (Lipinski definition) is 1. The van der Waals surface area contributed by atoms with E-state index >= 15 is 0 Å². The fourth-order valence-corrected chi connectivity index (χ4v) is 3.43. The van der Waals surface area contributed by atoms with Crippen molar-refractivity contribution in [1.82, 2.24) is 0 Å². The first-order valence-corrected chi connectivity index (χ1v) is 7.59. The number of rotatable bonds is 6.